The average molecular weight is 293 g/mol. The van der Waals surface area contributed by atoms with Crippen LogP contribution in [0.5, 0.6) is 0 Å². The number of carbonyl (C=O) groups is 1. The fourth-order valence-electron chi connectivity index (χ4n) is 1.89. The highest BCUT2D eigenvalue weighted by Crippen LogP contribution is 2.29. The predicted octanol–water partition coefficient (Wildman–Crippen LogP) is 2.46. The molecule has 6 heteroatoms. The van der Waals surface area contributed by atoms with Crippen molar-refractivity contribution in [1.82, 2.24) is 0 Å². The first-order valence-corrected chi connectivity index (χ1v) is 7.62. The van der Waals surface area contributed by atoms with Gasteiger partial charge in [0, 0.05) is 11.8 Å². The molecule has 104 valence electrons. The highest BCUT2D eigenvalue weighted by Gasteiger charge is 2.15. The molecule has 0 unspecified atom stereocenters. The lowest BCUT2D eigenvalue weighted by Crippen LogP contribution is -2.01. The Morgan fingerprint density at radius 2 is 1.85 bits per heavy atom. The summed E-state index contributed by atoms with van der Waals surface area (Å²) >= 11 is 0. The maximum Gasteiger partial charge on any atom is 0.211 e. The summed E-state index contributed by atoms with van der Waals surface area (Å²) in [5, 5.41) is 2.23. The van der Waals surface area contributed by atoms with Crippen LogP contribution in [0.15, 0.2) is 47.4 Å². The van der Waals surface area contributed by atoms with Crippen LogP contribution in [0.25, 0.3) is 11.1 Å². The van der Waals surface area contributed by atoms with Gasteiger partial charge in [-0.25, -0.2) is 12.8 Å². The molecule has 0 fully saturated rings. The number of halogens is 1. The van der Waals surface area contributed by atoms with Gasteiger partial charge in [-0.1, -0.05) is 24.3 Å². The van der Waals surface area contributed by atoms with Crippen LogP contribution in [0.2, 0.25) is 0 Å². The molecule has 0 atom stereocenters. The van der Waals surface area contributed by atoms with E-state index in [9.17, 15) is 17.6 Å². The number of amides is 1. The summed E-state index contributed by atoms with van der Waals surface area (Å²) in [7, 11) is -3.41. The highest BCUT2D eigenvalue weighted by atomic mass is 32.2. The Balaban J connectivity index is 2.58. The number of anilines is 1. The third kappa shape index (κ3) is 2.85. The van der Waals surface area contributed by atoms with Crippen molar-refractivity contribution in [2.24, 2.45) is 0 Å². The Kier molecular flexibility index (Phi) is 3.85. The molecule has 2 rings (SSSR count). The van der Waals surface area contributed by atoms with E-state index in [1.807, 2.05) is 0 Å². The monoisotopic (exact) mass is 293 g/mol. The number of sulfone groups is 1. The SMILES string of the molecule is CS(=O)(=O)c1ccccc1-c1ccc(NC=O)c(F)c1. The van der Waals surface area contributed by atoms with Crippen molar-refractivity contribution in [2.75, 3.05) is 11.6 Å². The summed E-state index contributed by atoms with van der Waals surface area (Å²) in [5.74, 6) is -0.627. The van der Waals surface area contributed by atoms with Gasteiger partial charge in [0.25, 0.3) is 0 Å². The first-order valence-electron chi connectivity index (χ1n) is 5.72. The van der Waals surface area contributed by atoms with Crippen molar-refractivity contribution in [1.29, 1.82) is 0 Å². The summed E-state index contributed by atoms with van der Waals surface area (Å²) in [6.45, 7) is 0. The van der Waals surface area contributed by atoms with Gasteiger partial charge in [-0.2, -0.15) is 0 Å². The second-order valence-electron chi connectivity index (χ2n) is 4.23. The summed E-state index contributed by atoms with van der Waals surface area (Å²) in [5.41, 5.74) is 0.895. The Morgan fingerprint density at radius 3 is 2.45 bits per heavy atom. The normalized spacial score (nSPS) is 11.1. The second-order valence-corrected chi connectivity index (χ2v) is 6.21. The number of benzene rings is 2. The fourth-order valence-corrected chi connectivity index (χ4v) is 2.80. The molecular weight excluding hydrogens is 281 g/mol. The van der Waals surface area contributed by atoms with E-state index < -0.39 is 15.7 Å². The van der Waals surface area contributed by atoms with Crippen LogP contribution < -0.4 is 5.32 Å². The van der Waals surface area contributed by atoms with Crippen LogP contribution in [0.3, 0.4) is 0 Å². The van der Waals surface area contributed by atoms with Crippen LogP contribution in [0.4, 0.5) is 10.1 Å². The third-order valence-electron chi connectivity index (χ3n) is 2.78. The summed E-state index contributed by atoms with van der Waals surface area (Å²) in [4.78, 5) is 10.4. The number of rotatable bonds is 4. The van der Waals surface area contributed by atoms with Crippen LogP contribution in [0, 0.1) is 5.82 Å². The standard InChI is InChI=1S/C14H12FNO3S/c1-20(18,19)14-5-3-2-4-11(14)10-6-7-13(16-9-17)12(15)8-10/h2-9H,1H3,(H,16,17). The van der Waals surface area contributed by atoms with E-state index in [4.69, 9.17) is 0 Å². The number of hydrogen-bond acceptors (Lipinski definition) is 3. The molecule has 4 nitrogen and oxygen atoms in total. The first kappa shape index (κ1) is 14.2. The quantitative estimate of drug-likeness (QED) is 0.881. The minimum atomic E-state index is -3.41. The van der Waals surface area contributed by atoms with Gasteiger partial charge in [0.05, 0.1) is 10.6 Å². The molecule has 2 aromatic carbocycles. The molecule has 2 aromatic rings. The van der Waals surface area contributed by atoms with Crippen LogP contribution in [-0.4, -0.2) is 21.1 Å². The lowest BCUT2D eigenvalue weighted by Gasteiger charge is -2.09. The number of carbonyl (C=O) groups excluding carboxylic acids is 1. The zero-order valence-corrected chi connectivity index (χ0v) is 11.4. The van der Waals surface area contributed by atoms with Crippen molar-refractivity contribution in [2.45, 2.75) is 4.90 Å². The molecule has 0 aliphatic carbocycles. The van der Waals surface area contributed by atoms with Gasteiger partial charge < -0.3 is 5.32 Å². The van der Waals surface area contributed by atoms with Gasteiger partial charge in [-0.15, -0.1) is 0 Å². The number of nitrogens with one attached hydrogen (secondary N) is 1. The fraction of sp³-hybridized carbons (Fsp3) is 0.0714. The van der Waals surface area contributed by atoms with Crippen molar-refractivity contribution < 1.29 is 17.6 Å². The Morgan fingerprint density at radius 1 is 1.15 bits per heavy atom. The zero-order chi connectivity index (χ0) is 14.8. The van der Waals surface area contributed by atoms with E-state index in [1.54, 1.807) is 24.3 Å². The highest BCUT2D eigenvalue weighted by molar-refractivity contribution is 7.90. The molecule has 20 heavy (non-hydrogen) atoms. The average Bonchev–Trinajstić information content (AvgIpc) is 2.40. The molecule has 0 radical (unpaired) electrons. The van der Waals surface area contributed by atoms with Gasteiger partial charge in [-0.05, 0) is 23.8 Å². The van der Waals surface area contributed by atoms with Gasteiger partial charge in [0.1, 0.15) is 5.82 Å². The summed E-state index contributed by atoms with van der Waals surface area (Å²) in [6.07, 6.45) is 1.48. The molecule has 0 aliphatic rings. The van der Waals surface area contributed by atoms with Crippen LogP contribution in [-0.2, 0) is 14.6 Å². The lowest BCUT2D eigenvalue weighted by atomic mass is 10.1. The molecule has 0 saturated heterocycles. The minimum Gasteiger partial charge on any atom is -0.326 e. The van der Waals surface area contributed by atoms with Gasteiger partial charge in [0.2, 0.25) is 6.41 Å². The predicted molar refractivity (Wildman–Crippen MR) is 74.6 cm³/mol. The van der Waals surface area contributed by atoms with Gasteiger partial charge >= 0.3 is 0 Å². The van der Waals surface area contributed by atoms with E-state index in [0.29, 0.717) is 17.5 Å². The van der Waals surface area contributed by atoms with Crippen molar-refractivity contribution in [3.8, 4) is 11.1 Å². The second kappa shape index (κ2) is 5.42. The van der Waals surface area contributed by atoms with Crippen LogP contribution >= 0.6 is 0 Å². The maximum atomic E-state index is 13.8. The minimum absolute atomic E-state index is 0.0422. The zero-order valence-electron chi connectivity index (χ0n) is 10.6. The van der Waals surface area contributed by atoms with Crippen molar-refractivity contribution >= 4 is 21.9 Å². The Bertz CT molecular complexity index is 757. The molecular formula is C14H12FNO3S. The maximum absolute atomic E-state index is 13.8. The topological polar surface area (TPSA) is 63.2 Å². The van der Waals surface area contributed by atoms with E-state index in [1.165, 1.54) is 18.2 Å². The lowest BCUT2D eigenvalue weighted by molar-refractivity contribution is -0.105. The first-order chi connectivity index (χ1) is 9.43. The molecule has 0 spiro atoms. The summed E-state index contributed by atoms with van der Waals surface area (Å²) < 4.78 is 37.2. The van der Waals surface area contributed by atoms with E-state index in [2.05, 4.69) is 5.32 Å². The molecule has 0 aromatic heterocycles. The molecule has 0 aliphatic heterocycles. The van der Waals surface area contributed by atoms with E-state index in [-0.39, 0.29) is 10.6 Å². The Labute approximate surface area is 116 Å². The smallest absolute Gasteiger partial charge is 0.211 e. The van der Waals surface area contributed by atoms with Gasteiger partial charge in [-0.3, -0.25) is 4.79 Å². The molecule has 1 amide bonds. The van der Waals surface area contributed by atoms with Crippen LogP contribution in [0.1, 0.15) is 0 Å². The van der Waals surface area contributed by atoms with Crippen molar-refractivity contribution in [3.63, 3.8) is 0 Å². The molecule has 0 heterocycles. The largest absolute Gasteiger partial charge is 0.326 e. The Hall–Kier alpha value is -2.21. The molecule has 0 saturated carbocycles. The third-order valence-corrected chi connectivity index (χ3v) is 3.94. The number of hydrogen-bond donors (Lipinski definition) is 1. The van der Waals surface area contributed by atoms with E-state index >= 15 is 0 Å². The van der Waals surface area contributed by atoms with Crippen molar-refractivity contribution in [3.05, 3.63) is 48.3 Å². The van der Waals surface area contributed by atoms with E-state index in [0.717, 1.165) is 6.26 Å². The van der Waals surface area contributed by atoms with Gasteiger partial charge in [0.15, 0.2) is 9.84 Å². The molecule has 1 N–H and O–H groups in total. The summed E-state index contributed by atoms with van der Waals surface area (Å²) in [6, 6.07) is 10.5. The molecule has 0 bridgehead atoms.